The summed E-state index contributed by atoms with van der Waals surface area (Å²) in [5.41, 5.74) is 6.11. The zero-order chi connectivity index (χ0) is 14.9. The average molecular weight is 298 g/mol. The Morgan fingerprint density at radius 2 is 2.05 bits per heavy atom. The molecule has 0 saturated heterocycles. The summed E-state index contributed by atoms with van der Waals surface area (Å²) in [4.78, 5) is 11.7. The van der Waals surface area contributed by atoms with E-state index in [1.165, 1.54) is 12.1 Å². The third-order valence-corrected chi connectivity index (χ3v) is 3.95. The molecule has 1 aromatic rings. The molecule has 1 fully saturated rings. The number of anilines is 2. The van der Waals surface area contributed by atoms with Gasteiger partial charge >= 0.3 is 0 Å². The highest BCUT2D eigenvalue weighted by Gasteiger charge is 2.26. The van der Waals surface area contributed by atoms with Crippen LogP contribution in [0.15, 0.2) is 23.1 Å². The Balaban J connectivity index is 2.17. The van der Waals surface area contributed by atoms with Gasteiger partial charge in [0.05, 0.1) is 5.69 Å². The van der Waals surface area contributed by atoms with Gasteiger partial charge in [0.15, 0.2) is 0 Å². The van der Waals surface area contributed by atoms with Crippen molar-refractivity contribution in [3.63, 3.8) is 0 Å². The number of hydrogen-bond acceptors (Lipinski definition) is 5. The zero-order valence-corrected chi connectivity index (χ0v) is 11.9. The first-order chi connectivity index (χ1) is 9.27. The van der Waals surface area contributed by atoms with Crippen LogP contribution in [0.5, 0.6) is 0 Å². The van der Waals surface area contributed by atoms with Gasteiger partial charge in [0.2, 0.25) is 15.9 Å². The first-order valence-electron chi connectivity index (χ1n) is 6.26. The fourth-order valence-electron chi connectivity index (χ4n) is 1.75. The largest absolute Gasteiger partial charge is 0.399 e. The smallest absolute Gasteiger partial charge is 0.242 e. The van der Waals surface area contributed by atoms with Gasteiger partial charge in [-0.1, -0.05) is 0 Å². The maximum atomic E-state index is 11.8. The predicted molar refractivity (Wildman–Crippen MR) is 76.5 cm³/mol. The molecule has 8 heteroatoms. The van der Waals surface area contributed by atoms with Crippen molar-refractivity contribution >= 4 is 27.3 Å². The molecule has 1 aliphatic carbocycles. The normalized spacial score (nSPS) is 16.5. The minimum absolute atomic E-state index is 0.122. The number of benzene rings is 1. The summed E-state index contributed by atoms with van der Waals surface area (Å²) in [6.45, 7) is 1.65. The van der Waals surface area contributed by atoms with E-state index in [0.29, 0.717) is 0 Å². The Bertz CT molecular complexity index is 626. The molecular formula is C12H18N4O3S. The molecule has 1 aromatic carbocycles. The number of nitrogen functional groups attached to an aromatic ring is 1. The molecule has 0 aromatic heterocycles. The SMILES string of the molecule is CC(Nc1ccc(N)cc1S(N)(=O)=O)C(=O)NC1CC1. The summed E-state index contributed by atoms with van der Waals surface area (Å²) < 4.78 is 23.1. The van der Waals surface area contributed by atoms with Crippen molar-refractivity contribution in [2.75, 3.05) is 11.1 Å². The van der Waals surface area contributed by atoms with Crippen molar-refractivity contribution in [1.82, 2.24) is 5.32 Å². The second-order valence-corrected chi connectivity index (χ2v) is 6.48. The van der Waals surface area contributed by atoms with E-state index in [1.807, 2.05) is 0 Å². The number of primary sulfonamides is 1. The van der Waals surface area contributed by atoms with Crippen molar-refractivity contribution in [1.29, 1.82) is 0 Å². The summed E-state index contributed by atoms with van der Waals surface area (Å²) in [5, 5.41) is 10.8. The van der Waals surface area contributed by atoms with Gasteiger partial charge in [-0.25, -0.2) is 13.6 Å². The lowest BCUT2D eigenvalue weighted by atomic mass is 10.2. The molecule has 0 bridgehead atoms. The van der Waals surface area contributed by atoms with Crippen LogP contribution in [0, 0.1) is 0 Å². The van der Waals surface area contributed by atoms with E-state index in [1.54, 1.807) is 13.0 Å². The number of rotatable bonds is 5. The number of hydrogen-bond donors (Lipinski definition) is 4. The van der Waals surface area contributed by atoms with E-state index >= 15 is 0 Å². The van der Waals surface area contributed by atoms with Crippen LogP contribution in [0.2, 0.25) is 0 Å². The molecule has 0 heterocycles. The van der Waals surface area contributed by atoms with Crippen LogP contribution in [-0.4, -0.2) is 26.4 Å². The lowest BCUT2D eigenvalue weighted by Crippen LogP contribution is -2.39. The monoisotopic (exact) mass is 298 g/mol. The fraction of sp³-hybridized carbons (Fsp3) is 0.417. The van der Waals surface area contributed by atoms with Gasteiger partial charge in [0, 0.05) is 11.7 Å². The second-order valence-electron chi connectivity index (χ2n) is 4.95. The van der Waals surface area contributed by atoms with E-state index in [4.69, 9.17) is 10.9 Å². The fourth-order valence-corrected chi connectivity index (χ4v) is 2.48. The third kappa shape index (κ3) is 3.61. The quantitative estimate of drug-likeness (QED) is 0.569. The maximum Gasteiger partial charge on any atom is 0.242 e. The topological polar surface area (TPSA) is 127 Å². The summed E-state index contributed by atoms with van der Waals surface area (Å²) >= 11 is 0. The van der Waals surface area contributed by atoms with Crippen LogP contribution in [-0.2, 0) is 14.8 Å². The molecule has 110 valence electrons. The molecule has 1 atom stereocenters. The number of sulfonamides is 1. The Hall–Kier alpha value is -1.80. The van der Waals surface area contributed by atoms with Crippen molar-refractivity contribution in [2.45, 2.75) is 36.7 Å². The van der Waals surface area contributed by atoms with Crippen LogP contribution >= 0.6 is 0 Å². The Morgan fingerprint density at radius 3 is 2.60 bits per heavy atom. The molecule has 1 amide bonds. The average Bonchev–Trinajstić information content (AvgIpc) is 3.13. The zero-order valence-electron chi connectivity index (χ0n) is 11.1. The molecule has 2 rings (SSSR count). The van der Waals surface area contributed by atoms with Crippen LogP contribution in [0.3, 0.4) is 0 Å². The highest BCUT2D eigenvalue weighted by Crippen LogP contribution is 2.24. The molecule has 1 aliphatic rings. The second kappa shape index (κ2) is 5.29. The minimum Gasteiger partial charge on any atom is -0.399 e. The number of nitrogens with two attached hydrogens (primary N) is 2. The molecule has 7 nitrogen and oxygen atoms in total. The summed E-state index contributed by atoms with van der Waals surface area (Å²) in [6, 6.07) is 3.98. The summed E-state index contributed by atoms with van der Waals surface area (Å²) in [5.74, 6) is -0.176. The number of carbonyl (C=O) groups is 1. The van der Waals surface area contributed by atoms with E-state index in [-0.39, 0.29) is 28.2 Å². The standard InChI is InChI=1S/C12H18N4O3S/c1-7(12(17)16-9-3-4-9)15-10-5-2-8(13)6-11(10)20(14,18)19/h2,5-7,9,15H,3-4,13H2,1H3,(H,16,17)(H2,14,18,19). The molecular weight excluding hydrogens is 280 g/mol. The Kier molecular flexibility index (Phi) is 3.87. The highest BCUT2D eigenvalue weighted by molar-refractivity contribution is 7.89. The molecule has 0 spiro atoms. The first kappa shape index (κ1) is 14.6. The van der Waals surface area contributed by atoms with Gasteiger partial charge in [-0.15, -0.1) is 0 Å². The van der Waals surface area contributed by atoms with Crippen LogP contribution in [0.4, 0.5) is 11.4 Å². The van der Waals surface area contributed by atoms with E-state index < -0.39 is 16.1 Å². The van der Waals surface area contributed by atoms with E-state index in [2.05, 4.69) is 10.6 Å². The van der Waals surface area contributed by atoms with Crippen molar-refractivity contribution in [3.05, 3.63) is 18.2 Å². The van der Waals surface area contributed by atoms with E-state index in [0.717, 1.165) is 12.8 Å². The molecule has 1 saturated carbocycles. The lowest BCUT2D eigenvalue weighted by molar-refractivity contribution is -0.121. The maximum absolute atomic E-state index is 11.8. The van der Waals surface area contributed by atoms with Gasteiger partial charge in [0.25, 0.3) is 0 Å². The van der Waals surface area contributed by atoms with Gasteiger partial charge < -0.3 is 16.4 Å². The van der Waals surface area contributed by atoms with Crippen LogP contribution in [0.1, 0.15) is 19.8 Å². The van der Waals surface area contributed by atoms with Crippen LogP contribution < -0.4 is 21.5 Å². The lowest BCUT2D eigenvalue weighted by Gasteiger charge is -2.17. The number of carbonyl (C=O) groups excluding carboxylic acids is 1. The molecule has 20 heavy (non-hydrogen) atoms. The Morgan fingerprint density at radius 1 is 1.40 bits per heavy atom. The van der Waals surface area contributed by atoms with Gasteiger partial charge in [-0.2, -0.15) is 0 Å². The third-order valence-electron chi connectivity index (χ3n) is 3.00. The highest BCUT2D eigenvalue weighted by atomic mass is 32.2. The van der Waals surface area contributed by atoms with Crippen molar-refractivity contribution in [2.24, 2.45) is 5.14 Å². The molecule has 6 N–H and O–H groups in total. The molecule has 0 aliphatic heterocycles. The van der Waals surface area contributed by atoms with Crippen LogP contribution in [0.25, 0.3) is 0 Å². The van der Waals surface area contributed by atoms with Crippen molar-refractivity contribution < 1.29 is 13.2 Å². The molecule has 1 unspecified atom stereocenters. The van der Waals surface area contributed by atoms with E-state index in [9.17, 15) is 13.2 Å². The molecule has 0 radical (unpaired) electrons. The van der Waals surface area contributed by atoms with Crippen molar-refractivity contribution in [3.8, 4) is 0 Å². The minimum atomic E-state index is -3.91. The number of nitrogens with one attached hydrogen (secondary N) is 2. The first-order valence-corrected chi connectivity index (χ1v) is 7.81. The van der Waals surface area contributed by atoms with Gasteiger partial charge in [-0.3, -0.25) is 4.79 Å². The summed E-state index contributed by atoms with van der Waals surface area (Å²) in [6.07, 6.45) is 1.98. The predicted octanol–water partition coefficient (Wildman–Crippen LogP) is -0.00480. The van der Waals surface area contributed by atoms with Gasteiger partial charge in [-0.05, 0) is 38.0 Å². The number of amides is 1. The van der Waals surface area contributed by atoms with Gasteiger partial charge in [0.1, 0.15) is 10.9 Å². The Labute approximate surface area is 117 Å². The summed E-state index contributed by atoms with van der Waals surface area (Å²) in [7, 11) is -3.91.